The largest absolute Gasteiger partial charge is 0.310 e. The summed E-state index contributed by atoms with van der Waals surface area (Å²) in [7, 11) is -2.87. The van der Waals surface area contributed by atoms with Crippen LogP contribution in [0, 0.1) is 5.92 Å². The molecule has 88 valence electrons. The van der Waals surface area contributed by atoms with Crippen LogP contribution in [-0.4, -0.2) is 32.0 Å². The minimum atomic E-state index is -2.87. The van der Waals surface area contributed by atoms with Crippen LogP contribution in [0.1, 0.15) is 39.0 Å². The summed E-state index contributed by atoms with van der Waals surface area (Å²) in [5.74, 6) is 0.797. The molecule has 0 aromatic rings. The molecule has 0 amide bonds. The Morgan fingerprint density at radius 2 is 1.87 bits per heavy atom. The lowest BCUT2D eigenvalue weighted by molar-refractivity contribution is 0.416. The average Bonchev–Trinajstić information content (AvgIpc) is 2.85. The van der Waals surface area contributed by atoms with Crippen LogP contribution in [0.25, 0.3) is 0 Å². The van der Waals surface area contributed by atoms with Gasteiger partial charge < -0.3 is 5.32 Å². The Hall–Kier alpha value is -0.0900. The molecule has 0 spiro atoms. The molecule has 15 heavy (non-hydrogen) atoms. The van der Waals surface area contributed by atoms with Crippen LogP contribution < -0.4 is 5.32 Å². The number of nitrogens with one attached hydrogen (secondary N) is 1. The van der Waals surface area contributed by atoms with Crippen molar-refractivity contribution in [2.45, 2.75) is 56.4 Å². The molecule has 2 saturated carbocycles. The quantitative estimate of drug-likeness (QED) is 0.794. The molecule has 2 aliphatic rings. The fraction of sp³-hybridized carbons (Fsp3) is 1.00. The predicted molar refractivity (Wildman–Crippen MR) is 61.6 cm³/mol. The minimum Gasteiger partial charge on any atom is -0.310 e. The highest BCUT2D eigenvalue weighted by molar-refractivity contribution is 7.91. The Morgan fingerprint density at radius 1 is 1.20 bits per heavy atom. The van der Waals surface area contributed by atoms with E-state index < -0.39 is 9.84 Å². The molecule has 0 saturated heterocycles. The molecule has 3 atom stereocenters. The highest BCUT2D eigenvalue weighted by Crippen LogP contribution is 2.34. The maximum Gasteiger partial charge on any atom is 0.151 e. The summed E-state index contributed by atoms with van der Waals surface area (Å²) in [6.45, 7) is 2.19. The fourth-order valence-corrected chi connectivity index (χ4v) is 4.11. The Morgan fingerprint density at radius 3 is 2.40 bits per heavy atom. The first-order valence-electron chi connectivity index (χ1n) is 5.93. The molecule has 0 radical (unpaired) electrons. The highest BCUT2D eigenvalue weighted by atomic mass is 32.2. The second-order valence-electron chi connectivity index (χ2n) is 5.20. The van der Waals surface area contributed by atoms with E-state index in [-0.39, 0.29) is 11.3 Å². The van der Waals surface area contributed by atoms with Gasteiger partial charge in [0, 0.05) is 18.3 Å². The van der Waals surface area contributed by atoms with Crippen LogP contribution in [0.4, 0.5) is 0 Å². The van der Waals surface area contributed by atoms with Crippen molar-refractivity contribution in [1.29, 1.82) is 0 Å². The van der Waals surface area contributed by atoms with Gasteiger partial charge in [0.15, 0.2) is 9.84 Å². The number of sulfone groups is 1. The fourth-order valence-electron chi connectivity index (χ4n) is 2.70. The van der Waals surface area contributed by atoms with E-state index in [1.165, 1.54) is 19.1 Å². The normalized spacial score (nSPS) is 34.3. The topological polar surface area (TPSA) is 46.2 Å². The van der Waals surface area contributed by atoms with Gasteiger partial charge in [0.25, 0.3) is 0 Å². The standard InChI is InChI=1S/C11H21NO2S/c1-8(9-6-7-9)12-10-4-3-5-11(10)15(2,13)14/h8-12H,3-7H2,1-2H3. The Balaban J connectivity index is 1.95. The van der Waals surface area contributed by atoms with Gasteiger partial charge in [0.2, 0.25) is 0 Å². The van der Waals surface area contributed by atoms with E-state index in [0.29, 0.717) is 6.04 Å². The van der Waals surface area contributed by atoms with E-state index in [1.54, 1.807) is 0 Å². The van der Waals surface area contributed by atoms with Crippen molar-refractivity contribution >= 4 is 9.84 Å². The first kappa shape index (κ1) is 11.4. The van der Waals surface area contributed by atoms with Crippen LogP contribution in [0.2, 0.25) is 0 Å². The van der Waals surface area contributed by atoms with Crippen molar-refractivity contribution in [2.24, 2.45) is 5.92 Å². The summed E-state index contributed by atoms with van der Waals surface area (Å²) in [5.41, 5.74) is 0. The third kappa shape index (κ3) is 2.72. The van der Waals surface area contributed by atoms with Crippen molar-refractivity contribution < 1.29 is 8.42 Å². The summed E-state index contributed by atoms with van der Waals surface area (Å²) in [6, 6.07) is 0.702. The lowest BCUT2D eigenvalue weighted by atomic mass is 10.1. The van der Waals surface area contributed by atoms with Crippen LogP contribution in [-0.2, 0) is 9.84 Å². The van der Waals surface area contributed by atoms with Gasteiger partial charge in [-0.2, -0.15) is 0 Å². The molecule has 4 heteroatoms. The van der Waals surface area contributed by atoms with E-state index in [0.717, 1.165) is 25.2 Å². The third-order valence-corrected chi connectivity index (χ3v) is 5.47. The predicted octanol–water partition coefficient (Wildman–Crippen LogP) is 1.34. The zero-order valence-electron chi connectivity index (χ0n) is 9.57. The molecule has 0 aliphatic heterocycles. The molecule has 2 fully saturated rings. The van der Waals surface area contributed by atoms with Gasteiger partial charge in [-0.3, -0.25) is 0 Å². The molecule has 2 aliphatic carbocycles. The third-order valence-electron chi connectivity index (χ3n) is 3.81. The van der Waals surface area contributed by atoms with E-state index in [2.05, 4.69) is 12.2 Å². The Labute approximate surface area is 92.6 Å². The molecule has 3 unspecified atom stereocenters. The smallest absolute Gasteiger partial charge is 0.151 e. The lowest BCUT2D eigenvalue weighted by Crippen LogP contribution is -2.44. The van der Waals surface area contributed by atoms with E-state index in [4.69, 9.17) is 0 Å². The molecule has 3 nitrogen and oxygen atoms in total. The Kier molecular flexibility index (Phi) is 3.08. The maximum absolute atomic E-state index is 11.6. The molecule has 0 heterocycles. The van der Waals surface area contributed by atoms with Crippen LogP contribution >= 0.6 is 0 Å². The number of hydrogen-bond acceptors (Lipinski definition) is 3. The zero-order chi connectivity index (χ0) is 11.1. The first-order chi connectivity index (χ1) is 6.98. The number of rotatable bonds is 4. The van der Waals surface area contributed by atoms with Crippen molar-refractivity contribution in [2.75, 3.05) is 6.26 Å². The molecule has 0 aromatic heterocycles. The van der Waals surface area contributed by atoms with E-state index >= 15 is 0 Å². The van der Waals surface area contributed by atoms with Crippen LogP contribution in [0.15, 0.2) is 0 Å². The summed E-state index contributed by atoms with van der Waals surface area (Å²) < 4.78 is 23.1. The van der Waals surface area contributed by atoms with Gasteiger partial charge in [-0.25, -0.2) is 8.42 Å². The molecule has 1 N–H and O–H groups in total. The summed E-state index contributed by atoms with van der Waals surface area (Å²) >= 11 is 0. The average molecular weight is 231 g/mol. The second kappa shape index (κ2) is 4.06. The van der Waals surface area contributed by atoms with Crippen molar-refractivity contribution in [3.05, 3.63) is 0 Å². The van der Waals surface area contributed by atoms with Gasteiger partial charge in [-0.15, -0.1) is 0 Å². The molecular formula is C11H21NO2S. The van der Waals surface area contributed by atoms with Crippen LogP contribution in [0.5, 0.6) is 0 Å². The minimum absolute atomic E-state index is 0.140. The van der Waals surface area contributed by atoms with Gasteiger partial charge in [-0.1, -0.05) is 6.42 Å². The van der Waals surface area contributed by atoms with E-state index in [1.807, 2.05) is 0 Å². The van der Waals surface area contributed by atoms with E-state index in [9.17, 15) is 8.42 Å². The molecular weight excluding hydrogens is 210 g/mol. The van der Waals surface area contributed by atoms with Crippen molar-refractivity contribution in [1.82, 2.24) is 5.32 Å². The summed E-state index contributed by atoms with van der Waals surface area (Å²) in [4.78, 5) is 0. The summed E-state index contributed by atoms with van der Waals surface area (Å²) in [6.07, 6.45) is 6.91. The van der Waals surface area contributed by atoms with Crippen LogP contribution in [0.3, 0.4) is 0 Å². The molecule has 0 bridgehead atoms. The molecule has 2 rings (SSSR count). The van der Waals surface area contributed by atoms with Gasteiger partial charge in [0.05, 0.1) is 5.25 Å². The highest BCUT2D eigenvalue weighted by Gasteiger charge is 2.37. The van der Waals surface area contributed by atoms with Gasteiger partial charge in [0.1, 0.15) is 0 Å². The van der Waals surface area contributed by atoms with Crippen molar-refractivity contribution in [3.63, 3.8) is 0 Å². The Bertz CT molecular complexity index is 321. The number of hydrogen-bond donors (Lipinski definition) is 1. The summed E-state index contributed by atoms with van der Waals surface area (Å²) in [5, 5.41) is 3.38. The lowest BCUT2D eigenvalue weighted by Gasteiger charge is -2.23. The second-order valence-corrected chi connectivity index (χ2v) is 7.46. The zero-order valence-corrected chi connectivity index (χ0v) is 10.4. The first-order valence-corrected chi connectivity index (χ1v) is 7.89. The monoisotopic (exact) mass is 231 g/mol. The van der Waals surface area contributed by atoms with Gasteiger partial charge >= 0.3 is 0 Å². The van der Waals surface area contributed by atoms with Gasteiger partial charge in [-0.05, 0) is 38.5 Å². The molecule has 0 aromatic carbocycles. The SMILES string of the molecule is CC(NC1CCCC1S(C)(=O)=O)C1CC1. The maximum atomic E-state index is 11.6. The van der Waals surface area contributed by atoms with Crippen molar-refractivity contribution in [3.8, 4) is 0 Å².